The van der Waals surface area contributed by atoms with Crippen molar-refractivity contribution in [3.63, 3.8) is 0 Å². The summed E-state index contributed by atoms with van der Waals surface area (Å²) in [6.07, 6.45) is 0.970. The number of aliphatic imine (C=N–C) groups is 1. The van der Waals surface area contributed by atoms with E-state index in [9.17, 15) is 53.1 Å². The van der Waals surface area contributed by atoms with Crippen LogP contribution in [0, 0.1) is 0 Å². The Hall–Kier alpha value is -5.84. The van der Waals surface area contributed by atoms with Crippen LogP contribution in [-0.2, 0) is 59.1 Å². The number of ether oxygens (including phenoxy) is 1. The number of rotatable bonds is 19. The molecule has 3 rings (SSSR count). The van der Waals surface area contributed by atoms with E-state index in [-0.39, 0.29) is 74.4 Å². The molecule has 0 unspecified atom stereocenters. The molecule has 2 aliphatic heterocycles. The average Bonchev–Trinajstić information content (AvgIpc) is 3.33. The number of carboxylic acid groups (broad SMARTS) is 1. The number of carbonyl (C=O) groups is 10. The van der Waals surface area contributed by atoms with E-state index in [2.05, 4.69) is 58.2 Å². The first kappa shape index (κ1) is 60.5. The highest BCUT2D eigenvalue weighted by Gasteiger charge is 2.35. The second kappa shape index (κ2) is 33.7. The third-order valence-corrected chi connectivity index (χ3v) is 14.1. The largest absolute Gasteiger partial charge is 0.481 e. The van der Waals surface area contributed by atoms with Gasteiger partial charge in [-0.05, 0) is 57.7 Å². The van der Waals surface area contributed by atoms with Gasteiger partial charge in [0.25, 0.3) is 0 Å². The number of nitrogens with one attached hydrogen (secondary N) is 10. The average molecular weight is 1070 g/mol. The summed E-state index contributed by atoms with van der Waals surface area (Å²) >= 11 is 0.861. The maximum absolute atomic E-state index is 14.4. The summed E-state index contributed by atoms with van der Waals surface area (Å²) in [5, 5.41) is 36.1. The van der Waals surface area contributed by atoms with Crippen molar-refractivity contribution >= 4 is 98.4 Å². The Labute approximate surface area is 430 Å². The van der Waals surface area contributed by atoms with Gasteiger partial charge in [-0.15, -0.1) is 11.8 Å². The molecule has 0 saturated carbocycles. The smallest absolute Gasteiger partial charge is 0.305 e. The van der Waals surface area contributed by atoms with E-state index >= 15 is 0 Å². The Morgan fingerprint density at radius 3 is 2.01 bits per heavy atom. The van der Waals surface area contributed by atoms with Crippen molar-refractivity contribution < 1.29 is 57.8 Å². The predicted molar refractivity (Wildman–Crippen MR) is 273 cm³/mol. The number of hydrogen-bond acceptors (Lipinski definition) is 16. The molecule has 2 aliphatic rings. The van der Waals surface area contributed by atoms with Crippen LogP contribution >= 0.6 is 33.3 Å². The third-order valence-electron chi connectivity index (χ3n) is 10.6. The molecule has 28 heteroatoms. The number of thioether (sulfide) groups is 1. The van der Waals surface area contributed by atoms with Crippen molar-refractivity contribution in [3.8, 4) is 0 Å². The van der Waals surface area contributed by atoms with Gasteiger partial charge in [0.05, 0.1) is 25.3 Å². The summed E-state index contributed by atoms with van der Waals surface area (Å²) < 4.78 is 5.51. The molecule has 9 amide bonds. The lowest BCUT2D eigenvalue weighted by atomic mass is 10.0. The minimum absolute atomic E-state index is 0.0391. The van der Waals surface area contributed by atoms with E-state index in [4.69, 9.17) is 16.2 Å². The lowest BCUT2D eigenvalue weighted by Crippen LogP contribution is -2.60. The van der Waals surface area contributed by atoms with E-state index in [0.717, 1.165) is 39.8 Å². The van der Waals surface area contributed by atoms with Gasteiger partial charge in [0.1, 0.15) is 42.3 Å². The minimum atomic E-state index is -1.81. The van der Waals surface area contributed by atoms with Gasteiger partial charge >= 0.3 is 5.97 Å². The van der Waals surface area contributed by atoms with E-state index in [1.165, 1.54) is 0 Å². The van der Waals surface area contributed by atoms with Crippen molar-refractivity contribution in [2.75, 3.05) is 69.5 Å². The second-order valence-corrected chi connectivity index (χ2v) is 20.2. The summed E-state index contributed by atoms with van der Waals surface area (Å²) in [6.45, 7) is 2.50. The predicted octanol–water partition coefficient (Wildman–Crippen LogP) is -3.66. The summed E-state index contributed by atoms with van der Waals surface area (Å²) in [5.41, 5.74) is 11.6. The number of hydrogen-bond donors (Lipinski definition) is 13. The van der Waals surface area contributed by atoms with Crippen LogP contribution in [0.1, 0.15) is 57.4 Å². The normalized spacial score (nSPS) is 23.7. The molecule has 2 heterocycles. The highest BCUT2D eigenvalue weighted by molar-refractivity contribution is 8.76. The third kappa shape index (κ3) is 23.6. The number of guanidine groups is 1. The van der Waals surface area contributed by atoms with Gasteiger partial charge in [0, 0.05) is 43.4 Å². The first-order valence-electron chi connectivity index (χ1n) is 23.5. The van der Waals surface area contributed by atoms with Crippen LogP contribution in [0.3, 0.4) is 0 Å². The van der Waals surface area contributed by atoms with Gasteiger partial charge < -0.3 is 74.5 Å². The first-order valence-corrected chi connectivity index (χ1v) is 27.2. The second-order valence-electron chi connectivity index (χ2n) is 16.6. The van der Waals surface area contributed by atoms with Gasteiger partial charge in [0.2, 0.25) is 53.2 Å². The number of nitrogens with two attached hydrogens (primary N) is 2. The number of amides is 9. The SMILES string of the molecule is CCCOCCNC(=O)[C@@H]1CSSC[C@@H]2NC(=O)[C@H](CCCCNC)NC(=O)CSC[C@H](NC(=O)[C@H](CC(=O)O)NC(=O)CNC(=O)[C@H](CCCN=C(N)N)NC2=O)C(=O)N[C@@H](Cc2ccccc2)C(=O)N1. The fourth-order valence-electron chi connectivity index (χ4n) is 6.93. The molecule has 400 valence electrons. The highest BCUT2D eigenvalue weighted by atomic mass is 33.1. The molecule has 1 aromatic carbocycles. The zero-order valence-electron chi connectivity index (χ0n) is 40.4. The number of nitrogens with zero attached hydrogens (tertiary/aromatic N) is 1. The van der Waals surface area contributed by atoms with E-state index in [0.29, 0.717) is 31.6 Å². The number of unbranched alkanes of at least 4 members (excludes halogenated alkanes) is 1. The summed E-state index contributed by atoms with van der Waals surface area (Å²) in [6, 6.07) is -1.32. The Balaban J connectivity index is 2.22. The van der Waals surface area contributed by atoms with Crippen molar-refractivity contribution in [1.82, 2.24) is 53.2 Å². The summed E-state index contributed by atoms with van der Waals surface area (Å²) in [5.74, 6) is -10.3. The lowest BCUT2D eigenvalue weighted by Gasteiger charge is -2.27. The van der Waals surface area contributed by atoms with Gasteiger partial charge in [-0.1, -0.05) is 58.8 Å². The number of benzene rings is 1. The number of carboxylic acids is 1. The van der Waals surface area contributed by atoms with Crippen LogP contribution < -0.4 is 64.6 Å². The van der Waals surface area contributed by atoms with Crippen LogP contribution in [0.25, 0.3) is 0 Å². The molecule has 2 saturated heterocycles. The molecule has 2 fully saturated rings. The first-order chi connectivity index (χ1) is 34.5. The van der Waals surface area contributed by atoms with Gasteiger partial charge in [-0.3, -0.25) is 52.9 Å². The van der Waals surface area contributed by atoms with Crippen LogP contribution in [0.15, 0.2) is 35.3 Å². The maximum Gasteiger partial charge on any atom is 0.305 e. The minimum Gasteiger partial charge on any atom is -0.481 e. The molecule has 0 aromatic heterocycles. The van der Waals surface area contributed by atoms with E-state index < -0.39 is 114 Å². The van der Waals surface area contributed by atoms with E-state index in [1.54, 1.807) is 37.4 Å². The summed E-state index contributed by atoms with van der Waals surface area (Å²) in [7, 11) is 3.89. The van der Waals surface area contributed by atoms with Crippen molar-refractivity contribution in [1.29, 1.82) is 0 Å². The zero-order chi connectivity index (χ0) is 52.8. The summed E-state index contributed by atoms with van der Waals surface area (Å²) in [4.78, 5) is 142. The van der Waals surface area contributed by atoms with Crippen LogP contribution in [0.2, 0.25) is 0 Å². The Bertz CT molecular complexity index is 2020. The monoisotopic (exact) mass is 1070 g/mol. The molecule has 15 N–H and O–H groups in total. The molecule has 7 atom stereocenters. The zero-order valence-corrected chi connectivity index (χ0v) is 42.9. The molecule has 0 aliphatic carbocycles. The molecule has 25 nitrogen and oxygen atoms in total. The Kier molecular flexibility index (Phi) is 28.3. The number of fused-ring (bicyclic) bond motifs is 9. The lowest BCUT2D eigenvalue weighted by molar-refractivity contribution is -0.141. The Morgan fingerprint density at radius 2 is 1.33 bits per heavy atom. The standard InChI is InChI=1S/C44H69N13O12S3/c1-3-17-69-18-16-48-38(63)32-23-71-72-24-33-43(68)53-27(13-9-15-49-44(45)46)37(62)50-21-34(58)52-30(20-36(60)61)41(66)55-31(42(67)54-29(40(65)56-32)19-26-10-5-4-6-11-26)22-70-25-35(59)51-28(39(64)57-33)12-7-8-14-47-2/h4-6,10-11,27-33,47H,3,7-9,12-25H2,1-2H3,(H,48,63)(H,50,62)(H,51,59)(H,52,58)(H,53,68)(H,54,67)(H,55,66)(H,56,65)(H,57,64)(H,60,61)(H4,45,46,49)/t27-,28-,29-,30-,31-,32-,33-/m0/s1. The molecular formula is C44H69N13O12S3. The van der Waals surface area contributed by atoms with Crippen LogP contribution in [0.5, 0.6) is 0 Å². The van der Waals surface area contributed by atoms with Crippen molar-refractivity contribution in [2.24, 2.45) is 16.5 Å². The van der Waals surface area contributed by atoms with Crippen LogP contribution in [0.4, 0.5) is 0 Å². The molecule has 72 heavy (non-hydrogen) atoms. The topological polar surface area (TPSA) is 385 Å². The molecule has 0 spiro atoms. The van der Waals surface area contributed by atoms with Gasteiger partial charge in [-0.2, -0.15) is 0 Å². The highest BCUT2D eigenvalue weighted by Crippen LogP contribution is 2.24. The molecular weight excluding hydrogens is 999 g/mol. The molecule has 2 bridgehead atoms. The van der Waals surface area contributed by atoms with Crippen molar-refractivity contribution in [2.45, 2.75) is 101 Å². The molecule has 0 radical (unpaired) electrons. The number of carbonyl (C=O) groups excluding carboxylic acids is 9. The van der Waals surface area contributed by atoms with Crippen LogP contribution in [-0.4, -0.2) is 182 Å². The fraction of sp³-hybridized carbons (Fsp3) is 0.614. The molecule has 1 aromatic rings. The van der Waals surface area contributed by atoms with Crippen molar-refractivity contribution in [3.05, 3.63) is 35.9 Å². The number of aliphatic carboxylic acids is 1. The maximum atomic E-state index is 14.4. The quantitative estimate of drug-likeness (QED) is 0.0275. The van der Waals surface area contributed by atoms with E-state index in [1.807, 2.05) is 6.92 Å². The fourth-order valence-corrected chi connectivity index (χ4v) is 10.1. The van der Waals surface area contributed by atoms with Gasteiger partial charge in [0.15, 0.2) is 5.96 Å². The van der Waals surface area contributed by atoms with Gasteiger partial charge in [-0.25, -0.2) is 0 Å². The Morgan fingerprint density at radius 1 is 0.708 bits per heavy atom.